The molecule has 0 saturated carbocycles. The Balaban J connectivity index is 1.59. The molecule has 0 fully saturated rings. The van der Waals surface area contributed by atoms with Crippen LogP contribution in [0, 0.1) is 6.92 Å². The molecule has 186 valence electrons. The monoisotopic (exact) mass is 524 g/mol. The van der Waals surface area contributed by atoms with Crippen LogP contribution in [0.5, 0.6) is 5.75 Å². The number of benzene rings is 3. The number of hydrogen-bond donors (Lipinski definition) is 2. The van der Waals surface area contributed by atoms with Gasteiger partial charge >= 0.3 is 0 Å². The summed E-state index contributed by atoms with van der Waals surface area (Å²) in [5, 5.41) is 3.04. The van der Waals surface area contributed by atoms with Gasteiger partial charge in [-0.25, -0.2) is 9.82 Å². The van der Waals surface area contributed by atoms with Gasteiger partial charge in [0.2, 0.25) is 5.91 Å². The minimum absolute atomic E-state index is 0.00245. The van der Waals surface area contributed by atoms with Crippen molar-refractivity contribution < 1.29 is 17.9 Å². The molecule has 0 saturated heterocycles. The van der Waals surface area contributed by atoms with Gasteiger partial charge in [-0.2, -0.15) is 13.1 Å². The number of nitrogens with one attached hydrogen (secondary N) is 2. The third-order valence-electron chi connectivity index (χ3n) is 5.07. The van der Waals surface area contributed by atoms with Gasteiger partial charge in [-0.3, -0.25) is 9.59 Å². The number of thioether (sulfide) groups is 1. The lowest BCUT2D eigenvalue weighted by Gasteiger charge is -2.15. The van der Waals surface area contributed by atoms with E-state index in [2.05, 4.69) is 15.1 Å². The van der Waals surface area contributed by atoms with Crippen LogP contribution in [-0.2, 0) is 14.8 Å². The Morgan fingerprint density at radius 3 is 2.42 bits per heavy atom. The van der Waals surface area contributed by atoms with Gasteiger partial charge in [0.25, 0.3) is 15.6 Å². The van der Waals surface area contributed by atoms with Crippen LogP contribution in [0.3, 0.4) is 0 Å². The molecule has 0 aliphatic heterocycles. The van der Waals surface area contributed by atoms with Crippen LogP contribution < -0.4 is 20.4 Å². The summed E-state index contributed by atoms with van der Waals surface area (Å²) in [6.45, 7) is 4.26. The molecule has 0 aliphatic rings. The van der Waals surface area contributed by atoms with Gasteiger partial charge in [0.1, 0.15) is 5.75 Å². The van der Waals surface area contributed by atoms with Crippen LogP contribution in [0.4, 0.5) is 5.69 Å². The second kappa shape index (κ2) is 10.8. The molecule has 0 atom stereocenters. The van der Waals surface area contributed by atoms with Gasteiger partial charge in [0.15, 0.2) is 5.16 Å². The fourth-order valence-corrected chi connectivity index (χ4v) is 5.13. The zero-order valence-corrected chi connectivity index (χ0v) is 21.2. The van der Waals surface area contributed by atoms with Crippen molar-refractivity contribution in [3.8, 4) is 5.75 Å². The topological polar surface area (TPSA) is 119 Å². The van der Waals surface area contributed by atoms with Crippen LogP contribution in [0.15, 0.2) is 87.6 Å². The first-order chi connectivity index (χ1) is 17.3. The standard InChI is InChI=1S/C25H24N4O5S2/c1-3-34-19-12-10-18(11-13-19)26-23(30)16-35-25-27-22-7-5-4-6-21(22)24(31)29(25)28-36(32,33)20-14-8-17(2)9-15-20/h4-15,28H,3,16H2,1-2H3,(H,26,30). The minimum Gasteiger partial charge on any atom is -0.494 e. The van der Waals surface area contributed by atoms with E-state index in [-0.39, 0.29) is 27.1 Å². The fraction of sp³-hybridized carbons (Fsp3) is 0.160. The first-order valence-electron chi connectivity index (χ1n) is 11.0. The van der Waals surface area contributed by atoms with Gasteiger partial charge in [0.05, 0.1) is 28.2 Å². The van der Waals surface area contributed by atoms with E-state index >= 15 is 0 Å². The summed E-state index contributed by atoms with van der Waals surface area (Å²) in [5.41, 5.74) is 1.27. The molecule has 1 amide bonds. The summed E-state index contributed by atoms with van der Waals surface area (Å²) < 4.78 is 32.3. The normalized spacial score (nSPS) is 11.3. The molecule has 2 N–H and O–H groups in total. The summed E-state index contributed by atoms with van der Waals surface area (Å²) >= 11 is 0.941. The molecule has 0 spiro atoms. The number of carbonyl (C=O) groups excluding carboxylic acids is 1. The van der Waals surface area contributed by atoms with Crippen LogP contribution in [0.25, 0.3) is 10.9 Å². The van der Waals surface area contributed by atoms with Crippen molar-refractivity contribution in [3.05, 3.63) is 88.7 Å². The molecule has 11 heteroatoms. The van der Waals surface area contributed by atoms with Gasteiger partial charge < -0.3 is 10.1 Å². The summed E-state index contributed by atoms with van der Waals surface area (Å²) in [6, 6.07) is 19.8. The minimum atomic E-state index is -4.09. The van der Waals surface area contributed by atoms with Crippen molar-refractivity contribution >= 4 is 44.3 Å². The maximum Gasteiger partial charge on any atom is 0.281 e. The van der Waals surface area contributed by atoms with E-state index in [1.165, 1.54) is 12.1 Å². The number of carbonyl (C=O) groups is 1. The molecule has 36 heavy (non-hydrogen) atoms. The third-order valence-corrected chi connectivity index (χ3v) is 7.32. The zero-order valence-electron chi connectivity index (χ0n) is 19.6. The molecule has 9 nitrogen and oxygen atoms in total. The molecule has 0 unspecified atom stereocenters. The number of anilines is 1. The second-order valence-electron chi connectivity index (χ2n) is 7.75. The second-order valence-corrected chi connectivity index (χ2v) is 10.4. The lowest BCUT2D eigenvalue weighted by Crippen LogP contribution is -2.35. The van der Waals surface area contributed by atoms with Crippen molar-refractivity contribution in [2.75, 3.05) is 22.5 Å². The van der Waals surface area contributed by atoms with Crippen molar-refractivity contribution in [3.63, 3.8) is 0 Å². The Morgan fingerprint density at radius 2 is 1.72 bits per heavy atom. The highest BCUT2D eigenvalue weighted by atomic mass is 32.2. The van der Waals surface area contributed by atoms with E-state index in [1.807, 2.05) is 13.8 Å². The maximum absolute atomic E-state index is 13.2. The number of nitrogens with zero attached hydrogens (tertiary/aromatic N) is 2. The van der Waals surface area contributed by atoms with Gasteiger partial charge in [-0.05, 0) is 62.4 Å². The Morgan fingerprint density at radius 1 is 1.03 bits per heavy atom. The zero-order chi connectivity index (χ0) is 25.7. The first kappa shape index (κ1) is 25.3. The molecule has 0 bridgehead atoms. The molecule has 0 radical (unpaired) electrons. The SMILES string of the molecule is CCOc1ccc(NC(=O)CSc2nc3ccccc3c(=O)n2NS(=O)(=O)c2ccc(C)cc2)cc1. The number of sulfonamides is 1. The third kappa shape index (κ3) is 5.86. The van der Waals surface area contributed by atoms with E-state index in [1.54, 1.807) is 60.7 Å². The molecule has 0 aliphatic carbocycles. The van der Waals surface area contributed by atoms with Crippen molar-refractivity contribution in [2.24, 2.45) is 0 Å². The van der Waals surface area contributed by atoms with Gasteiger partial charge in [0, 0.05) is 5.69 Å². The Kier molecular flexibility index (Phi) is 7.61. The maximum atomic E-state index is 13.2. The lowest BCUT2D eigenvalue weighted by atomic mass is 10.2. The molecule has 4 rings (SSSR count). The highest BCUT2D eigenvalue weighted by Gasteiger charge is 2.20. The number of fused-ring (bicyclic) bond motifs is 1. The summed E-state index contributed by atoms with van der Waals surface area (Å²) in [6.07, 6.45) is 0. The van der Waals surface area contributed by atoms with Crippen LogP contribution >= 0.6 is 11.8 Å². The highest BCUT2D eigenvalue weighted by molar-refractivity contribution is 7.99. The largest absolute Gasteiger partial charge is 0.494 e. The summed E-state index contributed by atoms with van der Waals surface area (Å²) in [5.74, 6) is 0.235. The lowest BCUT2D eigenvalue weighted by molar-refractivity contribution is -0.113. The first-order valence-corrected chi connectivity index (χ1v) is 13.5. The summed E-state index contributed by atoms with van der Waals surface area (Å²) in [7, 11) is -4.09. The Hall–Kier alpha value is -3.83. The van der Waals surface area contributed by atoms with Crippen molar-refractivity contribution in [1.82, 2.24) is 9.66 Å². The smallest absolute Gasteiger partial charge is 0.281 e. The molecule has 1 heterocycles. The molecule has 3 aromatic carbocycles. The number of ether oxygens (including phenoxy) is 1. The highest BCUT2D eigenvalue weighted by Crippen LogP contribution is 2.20. The predicted molar refractivity (Wildman–Crippen MR) is 141 cm³/mol. The van der Waals surface area contributed by atoms with E-state index in [0.29, 0.717) is 23.6 Å². The summed E-state index contributed by atoms with van der Waals surface area (Å²) in [4.78, 5) is 32.5. The van der Waals surface area contributed by atoms with Crippen LogP contribution in [-0.4, -0.2) is 36.3 Å². The average molecular weight is 525 g/mol. The van der Waals surface area contributed by atoms with E-state index in [0.717, 1.165) is 22.0 Å². The number of aromatic nitrogens is 2. The predicted octanol–water partition coefficient (Wildman–Crippen LogP) is 3.77. The molecule has 1 aromatic heterocycles. The average Bonchev–Trinajstić information content (AvgIpc) is 2.86. The number of aryl methyl sites for hydroxylation is 1. The van der Waals surface area contributed by atoms with E-state index in [4.69, 9.17) is 4.74 Å². The van der Waals surface area contributed by atoms with E-state index in [9.17, 15) is 18.0 Å². The van der Waals surface area contributed by atoms with E-state index < -0.39 is 15.6 Å². The fourth-order valence-electron chi connectivity index (χ4n) is 3.31. The van der Waals surface area contributed by atoms with Crippen LogP contribution in [0.2, 0.25) is 0 Å². The number of para-hydroxylation sites is 1. The Labute approximate surface area is 212 Å². The Bertz CT molecular complexity index is 1550. The van der Waals surface area contributed by atoms with Crippen molar-refractivity contribution in [2.45, 2.75) is 23.9 Å². The quantitative estimate of drug-likeness (QED) is 0.253. The molecule has 4 aromatic rings. The van der Waals surface area contributed by atoms with Crippen molar-refractivity contribution in [1.29, 1.82) is 0 Å². The number of hydrogen-bond acceptors (Lipinski definition) is 7. The number of amides is 1. The number of rotatable bonds is 9. The van der Waals surface area contributed by atoms with Gasteiger partial charge in [-0.1, -0.05) is 41.6 Å². The molecular formula is C25H24N4O5S2. The van der Waals surface area contributed by atoms with Crippen LogP contribution in [0.1, 0.15) is 12.5 Å². The molecular weight excluding hydrogens is 500 g/mol. The van der Waals surface area contributed by atoms with Gasteiger partial charge in [-0.15, -0.1) is 0 Å².